The number of fused-ring (bicyclic) bond motifs is 1. The topological polar surface area (TPSA) is 48.3 Å². The van der Waals surface area contributed by atoms with Crippen molar-refractivity contribution in [3.63, 3.8) is 0 Å². The summed E-state index contributed by atoms with van der Waals surface area (Å²) in [6.45, 7) is 6.87. The van der Waals surface area contributed by atoms with Gasteiger partial charge in [0.05, 0.1) is 6.61 Å². The summed E-state index contributed by atoms with van der Waals surface area (Å²) in [5, 5.41) is 0.617. The number of aromatic nitrogens is 1. The van der Waals surface area contributed by atoms with E-state index in [-0.39, 0.29) is 12.0 Å². The van der Waals surface area contributed by atoms with Crippen LogP contribution in [0.2, 0.25) is 5.02 Å². The first-order chi connectivity index (χ1) is 14.3. The Bertz CT molecular complexity index is 1110. The highest BCUT2D eigenvalue weighted by molar-refractivity contribution is 6.42. The van der Waals surface area contributed by atoms with Gasteiger partial charge in [-0.25, -0.2) is 4.79 Å². The molecule has 0 bridgehead atoms. The average Bonchev–Trinajstić information content (AvgIpc) is 3.18. The zero-order valence-electron chi connectivity index (χ0n) is 17.4. The second-order valence-corrected chi connectivity index (χ2v) is 8.83. The van der Waals surface area contributed by atoms with Crippen molar-refractivity contribution in [1.29, 1.82) is 0 Å². The van der Waals surface area contributed by atoms with E-state index in [9.17, 15) is 9.59 Å². The quantitative estimate of drug-likeness (QED) is 0.297. The maximum atomic E-state index is 13.3. The number of Topliss-reactive ketones (excluding diaryl/α,β-unsaturated/α-hetero) is 1. The molecule has 154 valence electrons. The molecule has 0 unspecified atom stereocenters. The molecule has 0 saturated heterocycles. The van der Waals surface area contributed by atoms with Crippen LogP contribution in [0, 0.1) is 5.41 Å². The number of benzene rings is 2. The molecule has 0 spiro atoms. The maximum Gasteiger partial charge on any atom is 0.381 e. The van der Waals surface area contributed by atoms with Crippen LogP contribution in [-0.4, -0.2) is 22.9 Å². The third-order valence-electron chi connectivity index (χ3n) is 5.47. The fourth-order valence-electron chi connectivity index (χ4n) is 4.31. The summed E-state index contributed by atoms with van der Waals surface area (Å²) in [6.07, 6.45) is 0.813. The van der Waals surface area contributed by atoms with Gasteiger partial charge in [-0.15, -0.1) is 0 Å². The third kappa shape index (κ3) is 3.56. The number of rotatable bonds is 5. The SMILES string of the molecule is CCOC(=O)C(=O)c1c(-c2ccc(Cl)cc2)c(-c2ccccc2)c2n1CC(C)(C)C2. The highest BCUT2D eigenvalue weighted by atomic mass is 35.5. The lowest BCUT2D eigenvalue weighted by Crippen LogP contribution is -2.23. The van der Waals surface area contributed by atoms with Gasteiger partial charge >= 0.3 is 5.97 Å². The van der Waals surface area contributed by atoms with Gasteiger partial charge in [-0.05, 0) is 42.0 Å². The number of halogens is 1. The smallest absolute Gasteiger partial charge is 0.381 e. The van der Waals surface area contributed by atoms with Gasteiger partial charge in [0.1, 0.15) is 5.69 Å². The summed E-state index contributed by atoms with van der Waals surface area (Å²) in [5.41, 5.74) is 5.09. The van der Waals surface area contributed by atoms with Crippen molar-refractivity contribution in [3.05, 3.63) is 71.0 Å². The molecule has 0 aliphatic carbocycles. The van der Waals surface area contributed by atoms with Gasteiger partial charge in [-0.3, -0.25) is 4.79 Å². The van der Waals surface area contributed by atoms with E-state index in [1.807, 2.05) is 47.0 Å². The zero-order chi connectivity index (χ0) is 21.5. The van der Waals surface area contributed by atoms with Crippen LogP contribution >= 0.6 is 11.6 Å². The molecular formula is C25H24ClNO3. The molecule has 1 aliphatic heterocycles. The Morgan fingerprint density at radius 3 is 2.27 bits per heavy atom. The number of carbonyl (C=O) groups is 2. The van der Waals surface area contributed by atoms with E-state index in [0.29, 0.717) is 17.3 Å². The molecule has 1 aromatic heterocycles. The Balaban J connectivity index is 2.04. The van der Waals surface area contributed by atoms with E-state index < -0.39 is 11.8 Å². The normalized spacial score (nSPS) is 14.4. The largest absolute Gasteiger partial charge is 0.460 e. The minimum absolute atomic E-state index is 0.0128. The van der Waals surface area contributed by atoms with E-state index in [1.54, 1.807) is 19.1 Å². The lowest BCUT2D eigenvalue weighted by molar-refractivity contribution is -0.137. The molecule has 2 heterocycles. The van der Waals surface area contributed by atoms with Crippen LogP contribution in [0.25, 0.3) is 22.3 Å². The molecule has 5 heteroatoms. The first-order valence-corrected chi connectivity index (χ1v) is 10.5. The Morgan fingerprint density at radius 2 is 1.63 bits per heavy atom. The van der Waals surface area contributed by atoms with Crippen LogP contribution in [0.1, 0.15) is 37.0 Å². The molecule has 0 radical (unpaired) electrons. The van der Waals surface area contributed by atoms with E-state index in [4.69, 9.17) is 16.3 Å². The van der Waals surface area contributed by atoms with Gasteiger partial charge in [0.15, 0.2) is 0 Å². The summed E-state index contributed by atoms with van der Waals surface area (Å²) < 4.78 is 7.09. The molecule has 4 nitrogen and oxygen atoms in total. The van der Waals surface area contributed by atoms with E-state index in [0.717, 1.165) is 34.4 Å². The number of carbonyl (C=O) groups excluding carboxylic acids is 2. The summed E-state index contributed by atoms with van der Waals surface area (Å²) in [7, 11) is 0. The molecule has 0 atom stereocenters. The van der Waals surface area contributed by atoms with Crippen molar-refractivity contribution in [2.45, 2.75) is 33.7 Å². The molecule has 0 amide bonds. The summed E-state index contributed by atoms with van der Waals surface area (Å²) in [6, 6.07) is 17.4. The lowest BCUT2D eigenvalue weighted by atomic mass is 9.86. The number of ketones is 1. The Morgan fingerprint density at radius 1 is 1.00 bits per heavy atom. The Labute approximate surface area is 181 Å². The van der Waals surface area contributed by atoms with Crippen molar-refractivity contribution in [3.8, 4) is 22.3 Å². The predicted octanol–water partition coefficient (Wildman–Crippen LogP) is 5.80. The van der Waals surface area contributed by atoms with Crippen molar-refractivity contribution in [1.82, 2.24) is 4.57 Å². The van der Waals surface area contributed by atoms with Gasteiger partial charge in [-0.2, -0.15) is 0 Å². The molecule has 0 N–H and O–H groups in total. The van der Waals surface area contributed by atoms with Gasteiger partial charge < -0.3 is 9.30 Å². The Kier molecular flexibility index (Phi) is 5.29. The predicted molar refractivity (Wildman–Crippen MR) is 119 cm³/mol. The number of nitrogens with zero attached hydrogens (tertiary/aromatic N) is 1. The molecule has 1 aliphatic rings. The second-order valence-electron chi connectivity index (χ2n) is 8.39. The maximum absolute atomic E-state index is 13.3. The lowest BCUT2D eigenvalue weighted by Gasteiger charge is -2.18. The number of ether oxygens (including phenoxy) is 1. The molecule has 3 aromatic rings. The van der Waals surface area contributed by atoms with E-state index in [1.165, 1.54) is 0 Å². The first-order valence-electron chi connectivity index (χ1n) is 10.1. The van der Waals surface area contributed by atoms with Gasteiger partial charge in [0.25, 0.3) is 5.78 Å². The fourth-order valence-corrected chi connectivity index (χ4v) is 4.43. The molecule has 0 fully saturated rings. The van der Waals surface area contributed by atoms with Gasteiger partial charge in [-0.1, -0.05) is 67.9 Å². The summed E-state index contributed by atoms with van der Waals surface area (Å²) in [5.74, 6) is -1.43. The van der Waals surface area contributed by atoms with Crippen molar-refractivity contribution in [2.24, 2.45) is 5.41 Å². The van der Waals surface area contributed by atoms with Crippen molar-refractivity contribution in [2.75, 3.05) is 6.61 Å². The zero-order valence-corrected chi connectivity index (χ0v) is 18.1. The monoisotopic (exact) mass is 421 g/mol. The van der Waals surface area contributed by atoms with E-state index >= 15 is 0 Å². The number of hydrogen-bond acceptors (Lipinski definition) is 3. The minimum Gasteiger partial charge on any atom is -0.460 e. The molecule has 2 aromatic carbocycles. The van der Waals surface area contributed by atoms with Crippen LogP contribution < -0.4 is 0 Å². The van der Waals surface area contributed by atoms with Crippen LogP contribution in [0.4, 0.5) is 0 Å². The first kappa shape index (κ1) is 20.4. The van der Waals surface area contributed by atoms with Crippen molar-refractivity contribution >= 4 is 23.4 Å². The number of hydrogen-bond donors (Lipinski definition) is 0. The minimum atomic E-state index is -0.822. The van der Waals surface area contributed by atoms with Crippen LogP contribution in [-0.2, 0) is 22.5 Å². The van der Waals surface area contributed by atoms with Crippen molar-refractivity contribution < 1.29 is 14.3 Å². The van der Waals surface area contributed by atoms with Crippen LogP contribution in [0.3, 0.4) is 0 Å². The standard InChI is InChI=1S/C25H24ClNO3/c1-4-30-24(29)23(28)22-21(17-10-12-18(26)13-11-17)20(16-8-6-5-7-9-16)19-14-25(2,3)15-27(19)22/h5-13H,4,14-15H2,1-3H3. The highest BCUT2D eigenvalue weighted by Crippen LogP contribution is 2.47. The molecule has 0 saturated carbocycles. The highest BCUT2D eigenvalue weighted by Gasteiger charge is 2.39. The Hall–Kier alpha value is -2.85. The fraction of sp³-hybridized carbons (Fsp3) is 0.280. The van der Waals surface area contributed by atoms with Crippen LogP contribution in [0.15, 0.2) is 54.6 Å². The average molecular weight is 422 g/mol. The van der Waals surface area contributed by atoms with Crippen LogP contribution in [0.5, 0.6) is 0 Å². The van der Waals surface area contributed by atoms with Gasteiger partial charge in [0, 0.05) is 28.4 Å². The van der Waals surface area contributed by atoms with E-state index in [2.05, 4.69) is 13.8 Å². The second kappa shape index (κ2) is 7.77. The molecule has 30 heavy (non-hydrogen) atoms. The van der Waals surface area contributed by atoms with Gasteiger partial charge in [0.2, 0.25) is 0 Å². The summed E-state index contributed by atoms with van der Waals surface area (Å²) >= 11 is 6.12. The third-order valence-corrected chi connectivity index (χ3v) is 5.73. The summed E-state index contributed by atoms with van der Waals surface area (Å²) in [4.78, 5) is 25.8. The number of esters is 1. The molecule has 4 rings (SSSR count). The molecular weight excluding hydrogens is 398 g/mol.